The summed E-state index contributed by atoms with van der Waals surface area (Å²) in [6, 6.07) is 2.82. The van der Waals surface area contributed by atoms with Gasteiger partial charge in [-0.25, -0.2) is 4.79 Å². The molecule has 0 fully saturated rings. The van der Waals surface area contributed by atoms with Crippen LogP contribution >= 0.6 is 0 Å². The number of nitrogens with one attached hydrogen (secondary N) is 1. The van der Waals surface area contributed by atoms with E-state index in [1.807, 2.05) is 0 Å². The van der Waals surface area contributed by atoms with Crippen LogP contribution in [0.15, 0.2) is 18.3 Å². The summed E-state index contributed by atoms with van der Waals surface area (Å²) in [7, 11) is 1.72. The highest BCUT2D eigenvalue weighted by atomic mass is 16.4. The number of pyridine rings is 1. The van der Waals surface area contributed by atoms with Crippen molar-refractivity contribution in [1.29, 1.82) is 0 Å². The van der Waals surface area contributed by atoms with Gasteiger partial charge in [-0.15, -0.1) is 0 Å². The van der Waals surface area contributed by atoms with Crippen LogP contribution in [0.25, 0.3) is 0 Å². The maximum Gasteiger partial charge on any atom is 0.337 e. The minimum absolute atomic E-state index is 0.0106. The van der Waals surface area contributed by atoms with E-state index in [0.717, 1.165) is 0 Å². The van der Waals surface area contributed by atoms with E-state index in [-0.39, 0.29) is 11.3 Å². The van der Waals surface area contributed by atoms with Crippen molar-refractivity contribution in [2.24, 2.45) is 0 Å². The molecule has 2 atom stereocenters. The second-order valence-electron chi connectivity index (χ2n) is 3.65. The summed E-state index contributed by atoms with van der Waals surface area (Å²) in [6.45, 7) is 0.521. The summed E-state index contributed by atoms with van der Waals surface area (Å²) >= 11 is 0. The Hall–Kier alpha value is -1.50. The van der Waals surface area contributed by atoms with Crippen LogP contribution in [0.1, 0.15) is 28.6 Å². The third-order valence-corrected chi connectivity index (χ3v) is 2.40. The summed E-state index contributed by atoms with van der Waals surface area (Å²) in [5, 5.41) is 31.3. The van der Waals surface area contributed by atoms with Crippen molar-refractivity contribution in [3.05, 3.63) is 29.6 Å². The number of aromatic carboxylic acids is 1. The van der Waals surface area contributed by atoms with E-state index in [9.17, 15) is 15.0 Å². The fraction of sp³-hybridized carbons (Fsp3) is 0.455. The monoisotopic (exact) mass is 240 g/mol. The molecule has 0 spiro atoms. The molecule has 1 aromatic rings. The first-order chi connectivity index (χ1) is 8.07. The summed E-state index contributed by atoms with van der Waals surface area (Å²) in [5.41, 5.74) is -0.105. The molecular formula is C11H16N2O4. The summed E-state index contributed by atoms with van der Waals surface area (Å²) < 4.78 is 0. The summed E-state index contributed by atoms with van der Waals surface area (Å²) in [4.78, 5) is 14.7. The average Bonchev–Trinajstić information content (AvgIpc) is 2.34. The van der Waals surface area contributed by atoms with Crippen molar-refractivity contribution in [3.63, 3.8) is 0 Å². The van der Waals surface area contributed by atoms with Crippen LogP contribution in [-0.4, -0.2) is 46.0 Å². The molecule has 1 heterocycles. The second-order valence-corrected chi connectivity index (χ2v) is 3.65. The molecule has 0 aliphatic rings. The SMILES string of the molecule is CNCCC(O)C(O)c1ncccc1C(=O)O. The molecule has 0 aliphatic carbocycles. The normalized spacial score (nSPS) is 14.3. The van der Waals surface area contributed by atoms with Gasteiger partial charge in [0.1, 0.15) is 6.10 Å². The number of carboxylic acids is 1. The number of nitrogens with zero attached hydrogens (tertiary/aromatic N) is 1. The third-order valence-electron chi connectivity index (χ3n) is 2.40. The van der Waals surface area contributed by atoms with Crippen LogP contribution in [0.3, 0.4) is 0 Å². The number of aliphatic hydroxyl groups is 2. The molecule has 17 heavy (non-hydrogen) atoms. The molecule has 6 nitrogen and oxygen atoms in total. The minimum atomic E-state index is -1.30. The Balaban J connectivity index is 2.87. The highest BCUT2D eigenvalue weighted by Gasteiger charge is 2.24. The fourth-order valence-electron chi connectivity index (χ4n) is 1.47. The topological polar surface area (TPSA) is 103 Å². The van der Waals surface area contributed by atoms with Gasteiger partial charge in [-0.05, 0) is 32.1 Å². The predicted octanol–water partition coefficient (Wildman–Crippen LogP) is -0.216. The molecular weight excluding hydrogens is 224 g/mol. The molecule has 2 unspecified atom stereocenters. The molecule has 94 valence electrons. The molecule has 0 bridgehead atoms. The van der Waals surface area contributed by atoms with E-state index in [1.165, 1.54) is 18.3 Å². The van der Waals surface area contributed by atoms with Crippen molar-refractivity contribution < 1.29 is 20.1 Å². The molecule has 4 N–H and O–H groups in total. The van der Waals surface area contributed by atoms with Crippen molar-refractivity contribution >= 4 is 5.97 Å². The third kappa shape index (κ3) is 3.48. The predicted molar refractivity (Wildman–Crippen MR) is 60.7 cm³/mol. The Kier molecular flexibility index (Phi) is 5.02. The minimum Gasteiger partial charge on any atom is -0.478 e. The van der Waals surface area contributed by atoms with Crippen molar-refractivity contribution in [1.82, 2.24) is 10.3 Å². The van der Waals surface area contributed by atoms with Crippen LogP contribution in [0.4, 0.5) is 0 Å². The molecule has 6 heteroatoms. The molecule has 1 rings (SSSR count). The molecule has 0 saturated heterocycles. The Morgan fingerprint density at radius 3 is 2.82 bits per heavy atom. The number of hydrogen-bond donors (Lipinski definition) is 4. The number of hydrogen-bond acceptors (Lipinski definition) is 5. The summed E-state index contributed by atoms with van der Waals surface area (Å²) in [6.07, 6.45) is -0.644. The molecule has 0 aromatic carbocycles. The van der Waals surface area contributed by atoms with Gasteiger partial charge >= 0.3 is 5.97 Å². The van der Waals surface area contributed by atoms with Gasteiger partial charge in [0.25, 0.3) is 0 Å². The van der Waals surface area contributed by atoms with Gasteiger partial charge in [0.2, 0.25) is 0 Å². The van der Waals surface area contributed by atoms with E-state index >= 15 is 0 Å². The first kappa shape index (κ1) is 13.6. The molecule has 0 saturated carbocycles. The zero-order valence-electron chi connectivity index (χ0n) is 9.50. The van der Waals surface area contributed by atoms with Crippen LogP contribution in [0.2, 0.25) is 0 Å². The van der Waals surface area contributed by atoms with Gasteiger partial charge in [0.05, 0.1) is 17.4 Å². The van der Waals surface area contributed by atoms with Gasteiger partial charge < -0.3 is 20.6 Å². The molecule has 0 amide bonds. The van der Waals surface area contributed by atoms with Crippen molar-refractivity contribution in [3.8, 4) is 0 Å². The molecule has 0 aliphatic heterocycles. The van der Waals surface area contributed by atoms with Gasteiger partial charge in [-0.2, -0.15) is 0 Å². The maximum absolute atomic E-state index is 10.9. The maximum atomic E-state index is 10.9. The van der Waals surface area contributed by atoms with Gasteiger partial charge in [-0.1, -0.05) is 0 Å². The lowest BCUT2D eigenvalue weighted by molar-refractivity contribution is 0.0106. The van der Waals surface area contributed by atoms with E-state index in [0.29, 0.717) is 13.0 Å². The Morgan fingerprint density at radius 2 is 2.24 bits per heavy atom. The van der Waals surface area contributed by atoms with Gasteiger partial charge in [0, 0.05) is 6.20 Å². The Morgan fingerprint density at radius 1 is 1.53 bits per heavy atom. The van der Waals surface area contributed by atoms with Crippen LogP contribution in [-0.2, 0) is 0 Å². The van der Waals surface area contributed by atoms with E-state index < -0.39 is 18.2 Å². The van der Waals surface area contributed by atoms with Crippen molar-refractivity contribution in [2.75, 3.05) is 13.6 Å². The number of carboxylic acid groups (broad SMARTS) is 1. The first-order valence-electron chi connectivity index (χ1n) is 5.27. The largest absolute Gasteiger partial charge is 0.478 e. The number of rotatable bonds is 6. The molecule has 0 radical (unpaired) electrons. The van der Waals surface area contributed by atoms with Crippen molar-refractivity contribution in [2.45, 2.75) is 18.6 Å². The van der Waals surface area contributed by atoms with Gasteiger partial charge in [0.15, 0.2) is 0 Å². The second kappa shape index (κ2) is 6.29. The standard InChI is InChI=1S/C11H16N2O4/c1-12-6-4-8(14)10(15)9-7(11(16)17)3-2-5-13-9/h2-3,5,8,10,12,14-15H,4,6H2,1H3,(H,16,17). The van der Waals surface area contributed by atoms with Crippen LogP contribution in [0, 0.1) is 0 Å². The summed E-state index contributed by atoms with van der Waals surface area (Å²) in [5.74, 6) is -1.17. The van der Waals surface area contributed by atoms with Crippen LogP contribution in [0.5, 0.6) is 0 Å². The lowest BCUT2D eigenvalue weighted by Gasteiger charge is -2.18. The average molecular weight is 240 g/mol. The Labute approximate surface area is 98.9 Å². The lowest BCUT2D eigenvalue weighted by Crippen LogP contribution is -2.25. The Bertz CT molecular complexity index is 383. The van der Waals surface area contributed by atoms with E-state index in [2.05, 4.69) is 10.3 Å². The highest BCUT2D eigenvalue weighted by molar-refractivity contribution is 5.88. The quantitative estimate of drug-likeness (QED) is 0.548. The van der Waals surface area contributed by atoms with E-state index in [1.54, 1.807) is 7.05 Å². The zero-order chi connectivity index (χ0) is 12.8. The molecule has 1 aromatic heterocycles. The number of aliphatic hydroxyl groups excluding tert-OH is 2. The fourth-order valence-corrected chi connectivity index (χ4v) is 1.47. The first-order valence-corrected chi connectivity index (χ1v) is 5.27. The number of aromatic nitrogens is 1. The number of carbonyl (C=O) groups is 1. The zero-order valence-corrected chi connectivity index (χ0v) is 9.50. The lowest BCUT2D eigenvalue weighted by atomic mass is 10.0. The highest BCUT2D eigenvalue weighted by Crippen LogP contribution is 2.20. The van der Waals surface area contributed by atoms with Gasteiger partial charge in [-0.3, -0.25) is 4.98 Å². The van der Waals surface area contributed by atoms with Crippen LogP contribution < -0.4 is 5.32 Å². The smallest absolute Gasteiger partial charge is 0.337 e. The van der Waals surface area contributed by atoms with E-state index in [4.69, 9.17) is 5.11 Å².